The van der Waals surface area contributed by atoms with E-state index in [1.54, 1.807) is 24.1 Å². The Labute approximate surface area is 136 Å². The van der Waals surface area contributed by atoms with Crippen LogP contribution < -0.4 is 20.9 Å². The molecule has 1 aliphatic rings. The van der Waals surface area contributed by atoms with Gasteiger partial charge in [-0.1, -0.05) is 6.07 Å². The third kappa shape index (κ3) is 4.43. The van der Waals surface area contributed by atoms with Crippen LogP contribution in [-0.4, -0.2) is 58.4 Å². The zero-order valence-electron chi connectivity index (χ0n) is 13.6. The molecule has 1 aliphatic heterocycles. The molecule has 0 aromatic heterocycles. The Hall–Kier alpha value is -2.12. The molecular weight excluding hydrogens is 296 g/mol. The highest BCUT2D eigenvalue weighted by Gasteiger charge is 2.24. The largest absolute Gasteiger partial charge is 0.383 e. The van der Waals surface area contributed by atoms with Crippen LogP contribution in [0.4, 0.5) is 10.5 Å². The van der Waals surface area contributed by atoms with E-state index in [0.717, 1.165) is 17.8 Å². The maximum Gasteiger partial charge on any atom is 0.322 e. The number of carbonyl (C=O) groups excluding carboxylic acids is 2. The van der Waals surface area contributed by atoms with E-state index >= 15 is 0 Å². The molecule has 0 bridgehead atoms. The zero-order valence-corrected chi connectivity index (χ0v) is 13.6. The SMILES string of the molecule is COCCNCCNC(=O)c1cccc(N2CCNC2=O)c1C. The lowest BCUT2D eigenvalue weighted by atomic mass is 10.1. The molecule has 3 N–H and O–H groups in total. The normalized spacial score (nSPS) is 14.0. The van der Waals surface area contributed by atoms with E-state index in [2.05, 4.69) is 16.0 Å². The summed E-state index contributed by atoms with van der Waals surface area (Å²) in [6, 6.07) is 5.33. The Bertz CT molecular complexity index is 562. The average molecular weight is 320 g/mol. The summed E-state index contributed by atoms with van der Waals surface area (Å²) in [6.07, 6.45) is 0. The second-order valence-electron chi connectivity index (χ2n) is 5.33. The van der Waals surface area contributed by atoms with E-state index in [9.17, 15) is 9.59 Å². The highest BCUT2D eigenvalue weighted by Crippen LogP contribution is 2.24. The zero-order chi connectivity index (χ0) is 16.7. The lowest BCUT2D eigenvalue weighted by molar-refractivity contribution is 0.0953. The van der Waals surface area contributed by atoms with Gasteiger partial charge in [0.2, 0.25) is 0 Å². The second kappa shape index (κ2) is 8.50. The lowest BCUT2D eigenvalue weighted by Crippen LogP contribution is -2.34. The molecule has 23 heavy (non-hydrogen) atoms. The number of rotatable bonds is 8. The van der Waals surface area contributed by atoms with E-state index in [0.29, 0.717) is 38.3 Å². The maximum absolute atomic E-state index is 12.3. The van der Waals surface area contributed by atoms with Crippen molar-refractivity contribution in [3.05, 3.63) is 29.3 Å². The van der Waals surface area contributed by atoms with Gasteiger partial charge >= 0.3 is 6.03 Å². The Morgan fingerprint density at radius 3 is 2.87 bits per heavy atom. The van der Waals surface area contributed by atoms with Crippen LogP contribution in [-0.2, 0) is 4.74 Å². The third-order valence-corrected chi connectivity index (χ3v) is 3.77. The number of ether oxygens (including phenoxy) is 1. The van der Waals surface area contributed by atoms with E-state index in [1.165, 1.54) is 0 Å². The smallest absolute Gasteiger partial charge is 0.322 e. The number of amides is 3. The molecule has 7 nitrogen and oxygen atoms in total. The van der Waals surface area contributed by atoms with Gasteiger partial charge in [0.15, 0.2) is 0 Å². The molecule has 1 saturated heterocycles. The van der Waals surface area contributed by atoms with Gasteiger partial charge in [0.1, 0.15) is 0 Å². The summed E-state index contributed by atoms with van der Waals surface area (Å²) >= 11 is 0. The number of anilines is 1. The fourth-order valence-corrected chi connectivity index (χ4v) is 2.52. The molecule has 0 radical (unpaired) electrons. The van der Waals surface area contributed by atoms with Gasteiger partial charge in [-0.15, -0.1) is 0 Å². The van der Waals surface area contributed by atoms with Crippen LogP contribution in [0.5, 0.6) is 0 Å². The molecule has 0 saturated carbocycles. The number of methoxy groups -OCH3 is 1. The number of nitrogens with one attached hydrogen (secondary N) is 3. The number of hydrogen-bond donors (Lipinski definition) is 3. The minimum Gasteiger partial charge on any atom is -0.383 e. The van der Waals surface area contributed by atoms with Crippen molar-refractivity contribution in [3.8, 4) is 0 Å². The van der Waals surface area contributed by atoms with Crippen molar-refractivity contribution >= 4 is 17.6 Å². The van der Waals surface area contributed by atoms with Gasteiger partial charge in [-0.25, -0.2) is 4.79 Å². The molecule has 2 rings (SSSR count). The van der Waals surface area contributed by atoms with Crippen molar-refractivity contribution < 1.29 is 14.3 Å². The average Bonchev–Trinajstić information content (AvgIpc) is 2.96. The number of carbonyl (C=O) groups is 2. The Morgan fingerprint density at radius 1 is 1.35 bits per heavy atom. The Kier molecular flexibility index (Phi) is 6.37. The molecule has 0 atom stereocenters. The summed E-state index contributed by atoms with van der Waals surface area (Å²) in [7, 11) is 1.65. The maximum atomic E-state index is 12.3. The highest BCUT2D eigenvalue weighted by molar-refractivity contribution is 6.00. The van der Waals surface area contributed by atoms with Gasteiger partial charge < -0.3 is 20.7 Å². The van der Waals surface area contributed by atoms with Crippen LogP contribution in [0.1, 0.15) is 15.9 Å². The van der Waals surface area contributed by atoms with E-state index in [4.69, 9.17) is 4.74 Å². The predicted molar refractivity (Wildman–Crippen MR) is 89.0 cm³/mol. The molecule has 0 aliphatic carbocycles. The summed E-state index contributed by atoms with van der Waals surface area (Å²) in [6.45, 7) is 5.74. The Morgan fingerprint density at radius 2 is 2.17 bits per heavy atom. The van der Waals surface area contributed by atoms with Crippen LogP contribution in [0.15, 0.2) is 18.2 Å². The summed E-state index contributed by atoms with van der Waals surface area (Å²) in [4.78, 5) is 25.8. The fraction of sp³-hybridized carbons (Fsp3) is 0.500. The Balaban J connectivity index is 1.94. The van der Waals surface area contributed by atoms with E-state index < -0.39 is 0 Å². The summed E-state index contributed by atoms with van der Waals surface area (Å²) in [5, 5.41) is 8.82. The minimum atomic E-state index is -0.127. The topological polar surface area (TPSA) is 82.7 Å². The first-order chi connectivity index (χ1) is 11.1. The van der Waals surface area contributed by atoms with Crippen LogP contribution in [0.25, 0.3) is 0 Å². The summed E-state index contributed by atoms with van der Waals surface area (Å²) < 4.78 is 4.94. The van der Waals surface area contributed by atoms with Crippen molar-refractivity contribution in [1.82, 2.24) is 16.0 Å². The number of urea groups is 1. The van der Waals surface area contributed by atoms with Crippen LogP contribution in [0, 0.1) is 6.92 Å². The lowest BCUT2D eigenvalue weighted by Gasteiger charge is -2.19. The predicted octanol–water partition coefficient (Wildman–Crippen LogP) is 0.490. The molecule has 1 aromatic rings. The number of benzene rings is 1. The molecule has 1 heterocycles. The van der Waals surface area contributed by atoms with Gasteiger partial charge in [-0.2, -0.15) is 0 Å². The molecule has 126 valence electrons. The van der Waals surface area contributed by atoms with Gasteiger partial charge in [0, 0.05) is 51.1 Å². The van der Waals surface area contributed by atoms with Gasteiger partial charge in [-0.05, 0) is 24.6 Å². The molecular formula is C16H24N4O3. The second-order valence-corrected chi connectivity index (χ2v) is 5.33. The number of hydrogen-bond acceptors (Lipinski definition) is 4. The molecule has 0 spiro atoms. The van der Waals surface area contributed by atoms with Crippen LogP contribution >= 0.6 is 0 Å². The quantitative estimate of drug-likeness (QED) is 0.609. The third-order valence-electron chi connectivity index (χ3n) is 3.77. The van der Waals surface area contributed by atoms with Crippen LogP contribution in [0.2, 0.25) is 0 Å². The van der Waals surface area contributed by atoms with Crippen LogP contribution in [0.3, 0.4) is 0 Å². The van der Waals surface area contributed by atoms with Crippen molar-refractivity contribution in [1.29, 1.82) is 0 Å². The number of nitrogens with zero attached hydrogens (tertiary/aromatic N) is 1. The van der Waals surface area contributed by atoms with E-state index in [-0.39, 0.29) is 11.9 Å². The monoisotopic (exact) mass is 320 g/mol. The van der Waals surface area contributed by atoms with E-state index in [1.807, 2.05) is 13.0 Å². The van der Waals surface area contributed by atoms with Gasteiger partial charge in [0.25, 0.3) is 5.91 Å². The molecule has 0 unspecified atom stereocenters. The highest BCUT2D eigenvalue weighted by atomic mass is 16.5. The first-order valence-electron chi connectivity index (χ1n) is 7.78. The summed E-state index contributed by atoms with van der Waals surface area (Å²) in [5.74, 6) is -0.127. The van der Waals surface area contributed by atoms with Gasteiger partial charge in [0.05, 0.1) is 6.61 Å². The molecule has 1 aromatic carbocycles. The van der Waals surface area contributed by atoms with Gasteiger partial charge in [-0.3, -0.25) is 9.69 Å². The summed E-state index contributed by atoms with van der Waals surface area (Å²) in [5.41, 5.74) is 2.19. The van der Waals surface area contributed by atoms with Crippen molar-refractivity contribution in [3.63, 3.8) is 0 Å². The first-order valence-corrected chi connectivity index (χ1v) is 7.78. The first kappa shape index (κ1) is 17.2. The van der Waals surface area contributed by atoms with Crippen molar-refractivity contribution in [2.45, 2.75) is 6.92 Å². The molecule has 3 amide bonds. The fourth-order valence-electron chi connectivity index (χ4n) is 2.52. The molecule has 7 heteroatoms. The van der Waals surface area contributed by atoms with Crippen molar-refractivity contribution in [2.75, 3.05) is 51.3 Å². The van der Waals surface area contributed by atoms with Crippen molar-refractivity contribution in [2.24, 2.45) is 0 Å². The standard InChI is InChI=1S/C16H24N4O3/c1-12-13(15(21)18-7-6-17-9-11-23-2)4-3-5-14(12)20-10-8-19-16(20)22/h3-5,17H,6-11H2,1-2H3,(H,18,21)(H,19,22). The minimum absolute atomic E-state index is 0.118. The molecule has 1 fully saturated rings.